The summed E-state index contributed by atoms with van der Waals surface area (Å²) in [6.07, 6.45) is -1.81. The Bertz CT molecular complexity index is 985. The second-order valence-corrected chi connectivity index (χ2v) is 10.4. The summed E-state index contributed by atoms with van der Waals surface area (Å²) in [6.45, 7) is 10.6. The van der Waals surface area contributed by atoms with Gasteiger partial charge in [-0.15, -0.1) is 0 Å². The van der Waals surface area contributed by atoms with Gasteiger partial charge in [-0.25, -0.2) is 19.3 Å². The number of amides is 5. The van der Waals surface area contributed by atoms with Gasteiger partial charge in [-0.2, -0.15) is 4.90 Å². The maximum absolute atomic E-state index is 13.6. The van der Waals surface area contributed by atoms with E-state index >= 15 is 0 Å². The van der Waals surface area contributed by atoms with Gasteiger partial charge in [-0.1, -0.05) is 6.07 Å². The van der Waals surface area contributed by atoms with Crippen LogP contribution in [0.15, 0.2) is 24.3 Å². The third-order valence-electron chi connectivity index (χ3n) is 5.57. The van der Waals surface area contributed by atoms with Crippen molar-refractivity contribution in [2.24, 2.45) is 0 Å². The molecule has 0 N–H and O–H groups in total. The van der Waals surface area contributed by atoms with E-state index in [4.69, 9.17) is 14.2 Å². The normalized spacial score (nSPS) is 18.4. The molecule has 2 aliphatic heterocycles. The van der Waals surface area contributed by atoms with Gasteiger partial charge < -0.3 is 19.1 Å². The fraction of sp³-hybridized carbons (Fsp3) is 0.583. The van der Waals surface area contributed by atoms with Gasteiger partial charge in [0.15, 0.2) is 0 Å². The van der Waals surface area contributed by atoms with Gasteiger partial charge in [0.1, 0.15) is 22.5 Å². The molecular weight excluding hydrogens is 442 g/mol. The minimum atomic E-state index is -1.54. The molecule has 2 heterocycles. The number of anilines is 1. The number of nitrogens with zero attached hydrogens (tertiary/aromatic N) is 3. The van der Waals surface area contributed by atoms with Crippen molar-refractivity contribution < 1.29 is 33.4 Å². The molecule has 0 aliphatic carbocycles. The van der Waals surface area contributed by atoms with Crippen LogP contribution in [0, 0.1) is 0 Å². The number of rotatable bonds is 2. The second-order valence-electron chi connectivity index (χ2n) is 10.4. The van der Waals surface area contributed by atoms with Gasteiger partial charge in [-0.05, 0) is 66.5 Å². The van der Waals surface area contributed by atoms with Gasteiger partial charge in [0.05, 0.1) is 7.11 Å². The topological polar surface area (TPSA) is 106 Å². The Kier molecular flexibility index (Phi) is 6.56. The first-order chi connectivity index (χ1) is 15.7. The minimum absolute atomic E-state index is 0.132. The predicted octanol–water partition coefficient (Wildman–Crippen LogP) is 4.17. The van der Waals surface area contributed by atoms with Crippen molar-refractivity contribution in [1.82, 2.24) is 9.80 Å². The largest absolute Gasteiger partial charge is 0.497 e. The van der Waals surface area contributed by atoms with Gasteiger partial charge in [0.2, 0.25) is 0 Å². The predicted molar refractivity (Wildman–Crippen MR) is 124 cm³/mol. The van der Waals surface area contributed by atoms with Crippen LogP contribution in [-0.4, -0.2) is 70.9 Å². The van der Waals surface area contributed by atoms with Crippen molar-refractivity contribution in [2.45, 2.75) is 71.1 Å². The second kappa shape index (κ2) is 8.81. The molecule has 10 heteroatoms. The van der Waals surface area contributed by atoms with Gasteiger partial charge in [0.25, 0.3) is 5.91 Å². The summed E-state index contributed by atoms with van der Waals surface area (Å²) >= 11 is 0. The smallest absolute Gasteiger partial charge is 0.425 e. The Hall–Kier alpha value is -3.30. The van der Waals surface area contributed by atoms with Crippen LogP contribution in [0.1, 0.15) is 54.4 Å². The van der Waals surface area contributed by atoms with E-state index in [9.17, 15) is 19.2 Å². The number of ether oxygens (including phenoxy) is 3. The molecule has 186 valence electrons. The third kappa shape index (κ3) is 4.95. The lowest BCUT2D eigenvalue weighted by molar-refractivity contribution is -0.133. The van der Waals surface area contributed by atoms with Crippen LogP contribution in [0.25, 0.3) is 0 Å². The summed E-state index contributed by atoms with van der Waals surface area (Å²) in [5, 5.41) is 0. The molecule has 10 nitrogen and oxygen atoms in total. The van der Waals surface area contributed by atoms with Crippen molar-refractivity contribution in [3.8, 4) is 5.75 Å². The monoisotopic (exact) mass is 475 g/mol. The van der Waals surface area contributed by atoms with Crippen molar-refractivity contribution in [1.29, 1.82) is 0 Å². The molecule has 0 bridgehead atoms. The van der Waals surface area contributed by atoms with Crippen molar-refractivity contribution in [2.75, 3.05) is 25.1 Å². The molecule has 2 aliphatic rings. The molecule has 1 aromatic carbocycles. The van der Waals surface area contributed by atoms with E-state index in [-0.39, 0.29) is 12.8 Å². The first-order valence-corrected chi connectivity index (χ1v) is 11.2. The summed E-state index contributed by atoms with van der Waals surface area (Å²) in [5.41, 5.74) is -2.48. The highest BCUT2D eigenvalue weighted by Gasteiger charge is 2.64. The third-order valence-corrected chi connectivity index (χ3v) is 5.57. The van der Waals surface area contributed by atoms with Crippen molar-refractivity contribution in [3.05, 3.63) is 24.3 Å². The standard InChI is InChI=1S/C24H33N3O7/c1-22(2,3)33-20(30)26-18(28)24(27(19(26)29)21(31)34-23(4,5)6)11-13-25(14-12-24)16-9-8-10-17(15-16)32-7/h8-10,15H,11-14H2,1-7H3. The van der Waals surface area contributed by atoms with Crippen molar-refractivity contribution in [3.63, 3.8) is 0 Å². The molecule has 0 radical (unpaired) electrons. The van der Waals surface area contributed by atoms with Crippen LogP contribution in [0.2, 0.25) is 0 Å². The molecule has 0 saturated carbocycles. The first kappa shape index (κ1) is 25.3. The van der Waals surface area contributed by atoms with E-state index in [1.165, 1.54) is 0 Å². The van der Waals surface area contributed by atoms with Gasteiger partial charge in [-0.3, -0.25) is 4.79 Å². The van der Waals surface area contributed by atoms with E-state index in [0.717, 1.165) is 10.6 Å². The molecule has 2 fully saturated rings. The molecule has 1 spiro atoms. The fourth-order valence-corrected chi connectivity index (χ4v) is 4.08. The Balaban J connectivity index is 1.93. The number of benzene rings is 1. The van der Waals surface area contributed by atoms with Gasteiger partial charge >= 0.3 is 18.2 Å². The number of carbonyl (C=O) groups is 4. The maximum Gasteiger partial charge on any atom is 0.425 e. The zero-order valence-electron chi connectivity index (χ0n) is 20.8. The number of urea groups is 1. The molecule has 5 amide bonds. The van der Waals surface area contributed by atoms with E-state index in [1.54, 1.807) is 48.7 Å². The van der Waals surface area contributed by atoms with E-state index in [0.29, 0.717) is 23.7 Å². The number of hydrogen-bond donors (Lipinski definition) is 0. The van der Waals surface area contributed by atoms with E-state index in [1.807, 2.05) is 29.2 Å². The van der Waals surface area contributed by atoms with E-state index in [2.05, 4.69) is 0 Å². The number of piperidine rings is 1. The lowest BCUT2D eigenvalue weighted by Gasteiger charge is -2.42. The molecule has 1 aromatic rings. The lowest BCUT2D eigenvalue weighted by Crippen LogP contribution is -2.59. The molecule has 34 heavy (non-hydrogen) atoms. The minimum Gasteiger partial charge on any atom is -0.497 e. The maximum atomic E-state index is 13.6. The summed E-state index contributed by atoms with van der Waals surface area (Å²) < 4.78 is 16.0. The molecule has 0 unspecified atom stereocenters. The Labute approximate surface area is 199 Å². The average Bonchev–Trinajstić information content (AvgIpc) is 2.92. The van der Waals surface area contributed by atoms with Crippen LogP contribution < -0.4 is 9.64 Å². The number of carbonyl (C=O) groups excluding carboxylic acids is 4. The molecule has 0 atom stereocenters. The highest BCUT2D eigenvalue weighted by Crippen LogP contribution is 2.40. The lowest BCUT2D eigenvalue weighted by atomic mass is 9.86. The summed E-state index contributed by atoms with van der Waals surface area (Å²) in [4.78, 5) is 56.0. The molecule has 3 rings (SSSR count). The molecule has 0 aromatic heterocycles. The van der Waals surface area contributed by atoms with Crippen LogP contribution in [0.4, 0.5) is 20.1 Å². The van der Waals surface area contributed by atoms with Crippen LogP contribution in [0.5, 0.6) is 5.75 Å². The summed E-state index contributed by atoms with van der Waals surface area (Å²) in [6, 6.07) is 6.43. The first-order valence-electron chi connectivity index (χ1n) is 11.2. The molecule has 2 saturated heterocycles. The van der Waals surface area contributed by atoms with Gasteiger partial charge in [0, 0.05) is 24.8 Å². The Morgan fingerprint density at radius 3 is 2.00 bits per heavy atom. The molecular formula is C24H33N3O7. The van der Waals surface area contributed by atoms with Crippen molar-refractivity contribution >= 4 is 29.8 Å². The zero-order valence-corrected chi connectivity index (χ0v) is 20.8. The number of methoxy groups -OCH3 is 1. The van der Waals surface area contributed by atoms with E-state index < -0.39 is 40.9 Å². The fourth-order valence-electron chi connectivity index (χ4n) is 4.08. The Morgan fingerprint density at radius 2 is 1.47 bits per heavy atom. The number of hydrogen-bond acceptors (Lipinski definition) is 8. The number of imide groups is 4. The summed E-state index contributed by atoms with van der Waals surface area (Å²) in [5.74, 6) is -0.0840. The highest BCUT2D eigenvalue weighted by molar-refractivity contribution is 6.20. The van der Waals surface area contributed by atoms with Crippen LogP contribution >= 0.6 is 0 Å². The quantitative estimate of drug-likeness (QED) is 0.587. The Morgan fingerprint density at radius 1 is 0.912 bits per heavy atom. The van der Waals surface area contributed by atoms with Crippen LogP contribution in [0.3, 0.4) is 0 Å². The average molecular weight is 476 g/mol. The zero-order chi connectivity index (χ0) is 25.5. The summed E-state index contributed by atoms with van der Waals surface area (Å²) in [7, 11) is 1.58. The van der Waals surface area contributed by atoms with Crippen LogP contribution in [-0.2, 0) is 14.3 Å². The SMILES string of the molecule is COc1cccc(N2CCC3(CC2)C(=O)N(C(=O)OC(C)(C)C)C(=O)N3C(=O)OC(C)(C)C)c1. The highest BCUT2D eigenvalue weighted by atomic mass is 16.6.